The highest BCUT2D eigenvalue weighted by molar-refractivity contribution is 5.90. The molecule has 1 aliphatic rings. The van der Waals surface area contributed by atoms with Gasteiger partial charge in [0.2, 0.25) is 11.8 Å². The molecule has 0 saturated carbocycles. The zero-order valence-electron chi connectivity index (χ0n) is 24.2. The lowest BCUT2D eigenvalue weighted by atomic mass is 9.89. The van der Waals surface area contributed by atoms with Gasteiger partial charge in [-0.3, -0.25) is 9.59 Å². The van der Waals surface area contributed by atoms with E-state index in [-0.39, 0.29) is 24.0 Å². The first-order chi connectivity index (χ1) is 19.2. The molecular formula is C33H45N4O3+. The smallest absolute Gasteiger partial charge is 0.247 e. The Balaban J connectivity index is 1.43. The maximum absolute atomic E-state index is 13.8. The number of amides is 2. The zero-order valence-corrected chi connectivity index (χ0v) is 24.2. The summed E-state index contributed by atoms with van der Waals surface area (Å²) in [6, 6.07) is 23.7. The second-order valence-corrected chi connectivity index (χ2v) is 11.9. The molecule has 1 saturated heterocycles. The molecule has 1 heterocycles. The number of rotatable bonds is 11. The van der Waals surface area contributed by atoms with Gasteiger partial charge in [-0.15, -0.1) is 0 Å². The minimum Gasteiger partial charge on any atom is -0.374 e. The number of ether oxygens (including phenoxy) is 1. The van der Waals surface area contributed by atoms with Crippen LogP contribution in [0.1, 0.15) is 57.1 Å². The van der Waals surface area contributed by atoms with Gasteiger partial charge in [-0.05, 0) is 67.5 Å². The molecule has 0 spiro atoms. The Morgan fingerprint density at radius 2 is 1.62 bits per heavy atom. The van der Waals surface area contributed by atoms with Gasteiger partial charge in [0.15, 0.2) is 0 Å². The van der Waals surface area contributed by atoms with Gasteiger partial charge in [0.25, 0.3) is 0 Å². The van der Waals surface area contributed by atoms with Crippen LogP contribution in [-0.2, 0) is 20.9 Å². The largest absolute Gasteiger partial charge is 0.374 e. The number of quaternary nitrogens is 1. The number of nitrogens with one attached hydrogen (secondary N) is 2. The number of fused-ring (bicyclic) bond motifs is 1. The van der Waals surface area contributed by atoms with Crippen LogP contribution in [0.3, 0.4) is 0 Å². The fourth-order valence-electron chi connectivity index (χ4n) is 5.44. The molecule has 5 N–H and O–H groups in total. The summed E-state index contributed by atoms with van der Waals surface area (Å²) in [6.07, 6.45) is 2.40. The van der Waals surface area contributed by atoms with Gasteiger partial charge in [-0.2, -0.15) is 0 Å². The predicted molar refractivity (Wildman–Crippen MR) is 160 cm³/mol. The molecule has 3 aromatic rings. The van der Waals surface area contributed by atoms with Crippen molar-refractivity contribution in [2.45, 2.75) is 70.2 Å². The normalized spacial score (nSPS) is 16.1. The van der Waals surface area contributed by atoms with Crippen LogP contribution in [0.25, 0.3) is 10.8 Å². The van der Waals surface area contributed by atoms with E-state index >= 15 is 0 Å². The summed E-state index contributed by atoms with van der Waals surface area (Å²) in [4.78, 5) is 29.0. The van der Waals surface area contributed by atoms with Crippen molar-refractivity contribution in [1.82, 2.24) is 15.5 Å². The number of benzene rings is 3. The lowest BCUT2D eigenvalue weighted by Gasteiger charge is -2.35. The number of carbonyl (C=O) groups is 2. The van der Waals surface area contributed by atoms with Crippen molar-refractivity contribution in [3.63, 3.8) is 0 Å². The van der Waals surface area contributed by atoms with Crippen molar-refractivity contribution in [3.8, 4) is 0 Å². The van der Waals surface area contributed by atoms with Crippen molar-refractivity contribution >= 4 is 22.6 Å². The number of piperidine rings is 1. The third-order valence-electron chi connectivity index (χ3n) is 7.48. The zero-order chi connectivity index (χ0) is 28.5. The van der Waals surface area contributed by atoms with Gasteiger partial charge < -0.3 is 26.0 Å². The summed E-state index contributed by atoms with van der Waals surface area (Å²) in [7, 11) is 0. The molecule has 7 nitrogen and oxygen atoms in total. The van der Waals surface area contributed by atoms with E-state index in [0.29, 0.717) is 38.6 Å². The Morgan fingerprint density at radius 3 is 2.30 bits per heavy atom. The highest BCUT2D eigenvalue weighted by Crippen LogP contribution is 2.28. The average Bonchev–Trinajstić information content (AvgIpc) is 2.96. The van der Waals surface area contributed by atoms with Crippen molar-refractivity contribution in [3.05, 3.63) is 83.9 Å². The van der Waals surface area contributed by atoms with Crippen molar-refractivity contribution in [1.29, 1.82) is 0 Å². The van der Waals surface area contributed by atoms with E-state index < -0.39 is 12.1 Å². The summed E-state index contributed by atoms with van der Waals surface area (Å²) >= 11 is 0. The van der Waals surface area contributed by atoms with Crippen LogP contribution in [0, 0.1) is 0 Å². The minimum absolute atomic E-state index is 0.0810. The number of likely N-dealkylation sites (tertiary alicyclic amines) is 1. The Hall–Kier alpha value is -3.26. The molecule has 0 aromatic heterocycles. The highest BCUT2D eigenvalue weighted by atomic mass is 16.5. The van der Waals surface area contributed by atoms with Gasteiger partial charge in [-0.1, -0.05) is 66.7 Å². The molecule has 0 radical (unpaired) electrons. The van der Waals surface area contributed by atoms with Crippen molar-refractivity contribution in [2.24, 2.45) is 0 Å². The van der Waals surface area contributed by atoms with Crippen LogP contribution in [0.15, 0.2) is 72.8 Å². The van der Waals surface area contributed by atoms with E-state index in [2.05, 4.69) is 64.9 Å². The van der Waals surface area contributed by atoms with Gasteiger partial charge in [0, 0.05) is 25.0 Å². The SMILES string of the molecule is CC(C)(C)NC(CC[NH3+])C(=O)NC(COCc1ccc2ccccc2c1)C(=O)N1CCC(c2ccccc2)CC1. The van der Waals surface area contributed by atoms with E-state index in [0.717, 1.165) is 23.8 Å². The molecule has 0 bridgehead atoms. The maximum atomic E-state index is 13.8. The van der Waals surface area contributed by atoms with Gasteiger partial charge in [0.05, 0.1) is 25.8 Å². The predicted octanol–water partition coefficient (Wildman–Crippen LogP) is 3.64. The van der Waals surface area contributed by atoms with Crippen LogP contribution in [0.2, 0.25) is 0 Å². The molecule has 2 atom stereocenters. The van der Waals surface area contributed by atoms with E-state index in [9.17, 15) is 9.59 Å². The molecule has 2 amide bonds. The number of nitrogens with zero attached hydrogens (tertiary/aromatic N) is 1. The topological polar surface area (TPSA) is 98.3 Å². The summed E-state index contributed by atoms with van der Waals surface area (Å²) in [5.41, 5.74) is 6.05. The van der Waals surface area contributed by atoms with Crippen molar-refractivity contribution < 1.29 is 20.1 Å². The Bertz CT molecular complexity index is 1250. The molecule has 2 unspecified atom stereocenters. The lowest BCUT2D eigenvalue weighted by Crippen LogP contribution is -2.60. The van der Waals surface area contributed by atoms with E-state index in [1.54, 1.807) is 0 Å². The number of hydrogen-bond donors (Lipinski definition) is 3. The molecular weight excluding hydrogens is 500 g/mol. The maximum Gasteiger partial charge on any atom is 0.247 e. The van der Waals surface area contributed by atoms with Crippen LogP contribution in [0.5, 0.6) is 0 Å². The van der Waals surface area contributed by atoms with Gasteiger partial charge in [0.1, 0.15) is 6.04 Å². The quantitative estimate of drug-likeness (QED) is 0.343. The van der Waals surface area contributed by atoms with Gasteiger partial charge >= 0.3 is 0 Å². The fourth-order valence-corrected chi connectivity index (χ4v) is 5.44. The summed E-state index contributed by atoms with van der Waals surface area (Å²) in [5, 5.41) is 8.74. The number of hydrogen-bond acceptors (Lipinski definition) is 4. The standard InChI is InChI=1S/C33H44N4O3/c1-33(2,3)36-29(15-18-34)31(38)35-30(23-40-22-24-13-14-26-11-7-8-12-28(26)21-24)32(39)37-19-16-27(17-20-37)25-9-5-4-6-10-25/h4-14,21,27,29-30,36H,15-20,22-23,34H2,1-3H3,(H,35,38)/p+1. The monoisotopic (exact) mass is 545 g/mol. The van der Waals surface area contributed by atoms with E-state index in [1.165, 1.54) is 10.9 Å². The minimum atomic E-state index is -0.754. The van der Waals surface area contributed by atoms with Crippen LogP contribution < -0.4 is 16.4 Å². The molecule has 1 fully saturated rings. The lowest BCUT2D eigenvalue weighted by molar-refractivity contribution is -0.368. The first kappa shape index (κ1) is 29.7. The Labute approximate surface area is 238 Å². The summed E-state index contributed by atoms with van der Waals surface area (Å²) in [5.74, 6) is 0.174. The van der Waals surface area contributed by atoms with Gasteiger partial charge in [-0.25, -0.2) is 0 Å². The summed E-state index contributed by atoms with van der Waals surface area (Å²) in [6.45, 7) is 8.51. The second-order valence-electron chi connectivity index (χ2n) is 11.9. The second kappa shape index (κ2) is 13.9. The molecule has 40 heavy (non-hydrogen) atoms. The molecule has 7 heteroatoms. The third-order valence-corrected chi connectivity index (χ3v) is 7.48. The first-order valence-corrected chi connectivity index (χ1v) is 14.5. The van der Waals surface area contributed by atoms with E-state index in [4.69, 9.17) is 4.74 Å². The number of carbonyl (C=O) groups excluding carboxylic acids is 2. The summed E-state index contributed by atoms with van der Waals surface area (Å²) < 4.78 is 6.08. The Morgan fingerprint density at radius 1 is 0.950 bits per heavy atom. The average molecular weight is 546 g/mol. The van der Waals surface area contributed by atoms with Crippen LogP contribution in [-0.4, -0.2) is 60.6 Å². The third kappa shape index (κ3) is 8.37. The van der Waals surface area contributed by atoms with E-state index in [1.807, 2.05) is 49.9 Å². The first-order valence-electron chi connectivity index (χ1n) is 14.5. The molecule has 0 aliphatic carbocycles. The molecule has 1 aliphatic heterocycles. The highest BCUT2D eigenvalue weighted by Gasteiger charge is 2.32. The fraction of sp³-hybridized carbons (Fsp3) is 0.455. The van der Waals surface area contributed by atoms with Crippen molar-refractivity contribution in [2.75, 3.05) is 26.2 Å². The van der Waals surface area contributed by atoms with Crippen LogP contribution in [0.4, 0.5) is 0 Å². The molecule has 3 aromatic carbocycles. The van der Waals surface area contributed by atoms with Crippen LogP contribution >= 0.6 is 0 Å². The Kier molecular flexibility index (Phi) is 10.3. The molecule has 214 valence electrons. The molecule has 4 rings (SSSR count).